The molecule has 17 heavy (non-hydrogen) atoms. The normalized spacial score (nSPS) is 22.2. The Morgan fingerprint density at radius 2 is 2.29 bits per heavy atom. The van der Waals surface area contributed by atoms with E-state index >= 15 is 0 Å². The maximum Gasteiger partial charge on any atom is 0.404 e. The van der Waals surface area contributed by atoms with Crippen molar-refractivity contribution in [3.8, 4) is 0 Å². The highest BCUT2D eigenvalue weighted by Gasteiger charge is 2.26. The summed E-state index contributed by atoms with van der Waals surface area (Å²) in [4.78, 5) is 21.9. The van der Waals surface area contributed by atoms with Crippen molar-refractivity contribution < 1.29 is 14.3 Å². The number of halogens is 1. The summed E-state index contributed by atoms with van der Waals surface area (Å²) in [7, 11) is 0. The molecule has 0 aromatic rings. The summed E-state index contributed by atoms with van der Waals surface area (Å²) in [6.07, 6.45) is 4.27. The van der Waals surface area contributed by atoms with Gasteiger partial charge in [0.25, 0.3) is 0 Å². The minimum atomic E-state index is -0.741. The fraction of sp³-hybridized carbons (Fsp3) is 0.833. The third-order valence-corrected chi connectivity index (χ3v) is 3.62. The van der Waals surface area contributed by atoms with Crippen LogP contribution in [-0.4, -0.2) is 24.4 Å². The lowest BCUT2D eigenvalue weighted by Gasteiger charge is -2.29. The Labute approximate surface area is 107 Å². The molecule has 1 unspecified atom stereocenters. The van der Waals surface area contributed by atoms with Crippen LogP contribution in [0.15, 0.2) is 0 Å². The number of rotatable bonds is 6. The summed E-state index contributed by atoms with van der Waals surface area (Å²) in [6.45, 7) is 0.321. The molecule has 1 aliphatic carbocycles. The summed E-state index contributed by atoms with van der Waals surface area (Å²) in [5.41, 5.74) is 4.91. The first-order valence-corrected chi connectivity index (χ1v) is 6.66. The number of ketones is 1. The molecule has 0 spiro atoms. The molecule has 1 fully saturated rings. The Kier molecular flexibility index (Phi) is 6.34. The van der Waals surface area contributed by atoms with Crippen molar-refractivity contribution in [1.29, 1.82) is 0 Å². The molecule has 98 valence electrons. The van der Waals surface area contributed by atoms with Crippen LogP contribution in [0.1, 0.15) is 38.5 Å². The van der Waals surface area contributed by atoms with Crippen LogP contribution in [-0.2, 0) is 9.53 Å². The number of hydrogen-bond acceptors (Lipinski definition) is 3. The Balaban J connectivity index is 2.40. The number of amides is 1. The number of Topliss-reactive ketones (excluding diaryl/α,β-unsaturated/α-hetero) is 1. The quantitative estimate of drug-likeness (QED) is 0.747. The first-order chi connectivity index (χ1) is 8.13. The van der Waals surface area contributed by atoms with Crippen LogP contribution in [0.3, 0.4) is 0 Å². The van der Waals surface area contributed by atoms with Gasteiger partial charge in [-0.3, -0.25) is 4.79 Å². The molecule has 2 N–H and O–H groups in total. The molecule has 0 aromatic heterocycles. The molecular formula is C12H20ClNO3. The van der Waals surface area contributed by atoms with E-state index in [-0.39, 0.29) is 0 Å². The lowest BCUT2D eigenvalue weighted by molar-refractivity contribution is -0.122. The number of primary amides is 1. The average Bonchev–Trinajstić information content (AvgIpc) is 2.27. The zero-order valence-corrected chi connectivity index (χ0v) is 10.7. The number of carbonyl (C=O) groups excluding carboxylic acids is 2. The van der Waals surface area contributed by atoms with Crippen LogP contribution in [0.25, 0.3) is 0 Å². The summed E-state index contributed by atoms with van der Waals surface area (Å²) in [6, 6.07) is 0. The largest absolute Gasteiger partial charge is 0.450 e. The van der Waals surface area contributed by atoms with E-state index in [1.54, 1.807) is 0 Å². The molecule has 0 radical (unpaired) electrons. The van der Waals surface area contributed by atoms with Crippen molar-refractivity contribution in [2.75, 3.05) is 12.5 Å². The van der Waals surface area contributed by atoms with Gasteiger partial charge in [0.2, 0.25) is 0 Å². The highest BCUT2D eigenvalue weighted by atomic mass is 35.5. The van der Waals surface area contributed by atoms with Crippen molar-refractivity contribution in [3.63, 3.8) is 0 Å². The predicted octanol–water partition coefficient (Wildman–Crippen LogP) is 2.48. The molecule has 4 nitrogen and oxygen atoms in total. The minimum absolute atomic E-state index is 0.321. The summed E-state index contributed by atoms with van der Waals surface area (Å²) in [5, 5.41) is 0. The van der Waals surface area contributed by atoms with Crippen LogP contribution >= 0.6 is 11.6 Å². The Morgan fingerprint density at radius 1 is 1.53 bits per heavy atom. The highest BCUT2D eigenvalue weighted by molar-refractivity contribution is 6.17. The number of hydrogen-bond donors (Lipinski definition) is 1. The molecule has 1 aliphatic rings. The number of carbonyl (C=O) groups is 2. The van der Waals surface area contributed by atoms with Crippen LogP contribution in [0, 0.1) is 11.8 Å². The molecule has 0 aromatic carbocycles. The second kappa shape index (κ2) is 7.54. The Hall–Kier alpha value is -0.770. The monoisotopic (exact) mass is 261 g/mol. The van der Waals surface area contributed by atoms with Gasteiger partial charge in [-0.05, 0) is 37.5 Å². The summed E-state index contributed by atoms with van der Waals surface area (Å²) < 4.78 is 4.75. The van der Waals surface area contributed by atoms with Crippen molar-refractivity contribution in [2.24, 2.45) is 17.6 Å². The predicted molar refractivity (Wildman–Crippen MR) is 65.9 cm³/mol. The van der Waals surface area contributed by atoms with Gasteiger partial charge in [-0.2, -0.15) is 0 Å². The minimum Gasteiger partial charge on any atom is -0.450 e. The maximum atomic E-state index is 11.4. The lowest BCUT2D eigenvalue weighted by atomic mass is 9.77. The van der Waals surface area contributed by atoms with Crippen molar-refractivity contribution in [1.82, 2.24) is 0 Å². The summed E-state index contributed by atoms with van der Waals surface area (Å²) in [5.74, 6) is 1.67. The van der Waals surface area contributed by atoms with Gasteiger partial charge < -0.3 is 10.5 Å². The van der Waals surface area contributed by atoms with E-state index in [2.05, 4.69) is 0 Å². The molecule has 1 saturated carbocycles. The zero-order chi connectivity index (χ0) is 12.7. The second-order valence-electron chi connectivity index (χ2n) is 4.59. The molecule has 0 aliphatic heterocycles. The van der Waals surface area contributed by atoms with Gasteiger partial charge in [0.1, 0.15) is 5.78 Å². The van der Waals surface area contributed by atoms with E-state index in [1.807, 2.05) is 0 Å². The topological polar surface area (TPSA) is 69.4 Å². The molecule has 1 amide bonds. The molecule has 2 atom stereocenters. The van der Waals surface area contributed by atoms with Crippen molar-refractivity contribution in [2.45, 2.75) is 38.5 Å². The number of nitrogens with two attached hydrogens (primary N) is 1. The van der Waals surface area contributed by atoms with Crippen molar-refractivity contribution >= 4 is 23.5 Å². The maximum absolute atomic E-state index is 11.4. The van der Waals surface area contributed by atoms with Gasteiger partial charge in [0.15, 0.2) is 0 Å². The van der Waals surface area contributed by atoms with Gasteiger partial charge in [-0.15, -0.1) is 11.6 Å². The van der Waals surface area contributed by atoms with Crippen LogP contribution in [0.2, 0.25) is 0 Å². The molecular weight excluding hydrogens is 242 g/mol. The molecule has 5 heteroatoms. The van der Waals surface area contributed by atoms with Gasteiger partial charge in [0, 0.05) is 18.7 Å². The van der Waals surface area contributed by atoms with Gasteiger partial charge in [-0.1, -0.05) is 0 Å². The van der Waals surface area contributed by atoms with E-state index in [0.29, 0.717) is 42.9 Å². The number of ether oxygens (including phenoxy) is 1. The van der Waals surface area contributed by atoms with E-state index in [1.165, 1.54) is 0 Å². The van der Waals surface area contributed by atoms with E-state index in [0.717, 1.165) is 25.7 Å². The highest BCUT2D eigenvalue weighted by Crippen LogP contribution is 2.32. The van der Waals surface area contributed by atoms with E-state index < -0.39 is 6.09 Å². The SMILES string of the molecule is NC(=O)OCC[C@H](CCCl)C1CCCC(=O)C1. The van der Waals surface area contributed by atoms with Gasteiger partial charge >= 0.3 is 6.09 Å². The fourth-order valence-corrected chi connectivity index (χ4v) is 2.81. The second-order valence-corrected chi connectivity index (χ2v) is 4.97. The van der Waals surface area contributed by atoms with Crippen LogP contribution in [0.4, 0.5) is 4.79 Å². The molecule has 0 bridgehead atoms. The van der Waals surface area contributed by atoms with Crippen LogP contribution in [0.5, 0.6) is 0 Å². The standard InChI is InChI=1S/C12H20ClNO3/c13-6-4-9(5-7-17-12(14)16)10-2-1-3-11(15)8-10/h9-10H,1-8H2,(H2,14,16)/t9-,10?/m0/s1. The fourth-order valence-electron chi connectivity index (χ4n) is 2.53. The molecule has 0 heterocycles. The first-order valence-electron chi connectivity index (χ1n) is 6.13. The number of alkyl halides is 1. The van der Waals surface area contributed by atoms with Crippen molar-refractivity contribution in [3.05, 3.63) is 0 Å². The third-order valence-electron chi connectivity index (χ3n) is 3.40. The van der Waals surface area contributed by atoms with Gasteiger partial charge in [0.05, 0.1) is 6.61 Å². The first kappa shape index (κ1) is 14.3. The van der Waals surface area contributed by atoms with E-state index in [4.69, 9.17) is 22.1 Å². The third kappa shape index (κ3) is 5.39. The average molecular weight is 262 g/mol. The molecule has 0 saturated heterocycles. The summed E-state index contributed by atoms with van der Waals surface area (Å²) >= 11 is 5.78. The molecule has 1 rings (SSSR count). The van der Waals surface area contributed by atoms with E-state index in [9.17, 15) is 9.59 Å². The Bertz CT molecular complexity index is 270. The lowest BCUT2D eigenvalue weighted by Crippen LogP contribution is -2.25. The Morgan fingerprint density at radius 3 is 2.88 bits per heavy atom. The van der Waals surface area contributed by atoms with Gasteiger partial charge in [-0.25, -0.2) is 4.79 Å². The zero-order valence-electron chi connectivity index (χ0n) is 9.99. The smallest absolute Gasteiger partial charge is 0.404 e. The van der Waals surface area contributed by atoms with Crippen LogP contribution < -0.4 is 5.73 Å².